The number of para-hydroxylation sites is 1. The van der Waals surface area contributed by atoms with Crippen molar-refractivity contribution in [2.75, 3.05) is 16.8 Å². The first-order chi connectivity index (χ1) is 14.4. The smallest absolute Gasteiger partial charge is 0.243 e. The molecule has 2 aliphatic rings. The van der Waals surface area contributed by atoms with Crippen molar-refractivity contribution in [3.05, 3.63) is 71.4 Å². The Kier molecular flexibility index (Phi) is 3.79. The SMILES string of the molecule is Cc1cccc(-n2ncc3c2NC(=O)C[C@]32C(=O)N(CC(N)=O)c3ccccc32)c1. The maximum Gasteiger partial charge on any atom is 0.243 e. The van der Waals surface area contributed by atoms with E-state index in [0.29, 0.717) is 22.6 Å². The molecular weight excluding hydrogens is 382 g/mol. The zero-order valence-corrected chi connectivity index (χ0v) is 16.3. The molecule has 0 bridgehead atoms. The van der Waals surface area contributed by atoms with E-state index in [2.05, 4.69) is 10.4 Å². The van der Waals surface area contributed by atoms with Crippen LogP contribution in [0.2, 0.25) is 0 Å². The second kappa shape index (κ2) is 6.28. The molecule has 2 aromatic carbocycles. The zero-order valence-electron chi connectivity index (χ0n) is 16.3. The first-order valence-corrected chi connectivity index (χ1v) is 9.57. The van der Waals surface area contributed by atoms with Crippen molar-refractivity contribution in [1.82, 2.24) is 9.78 Å². The molecule has 3 aromatic rings. The van der Waals surface area contributed by atoms with E-state index in [1.54, 1.807) is 23.0 Å². The van der Waals surface area contributed by atoms with Gasteiger partial charge in [0.25, 0.3) is 0 Å². The van der Waals surface area contributed by atoms with Crippen molar-refractivity contribution >= 4 is 29.2 Å². The van der Waals surface area contributed by atoms with E-state index in [-0.39, 0.29) is 24.8 Å². The fraction of sp³-hybridized carbons (Fsp3) is 0.182. The summed E-state index contributed by atoms with van der Waals surface area (Å²) in [6.45, 7) is 1.72. The summed E-state index contributed by atoms with van der Waals surface area (Å²) in [6, 6.07) is 14.9. The summed E-state index contributed by atoms with van der Waals surface area (Å²) in [7, 11) is 0. The molecule has 0 saturated carbocycles. The topological polar surface area (TPSA) is 110 Å². The molecule has 0 radical (unpaired) electrons. The van der Waals surface area contributed by atoms with Gasteiger partial charge in [0.15, 0.2) is 0 Å². The van der Waals surface area contributed by atoms with Crippen molar-refractivity contribution in [3.63, 3.8) is 0 Å². The van der Waals surface area contributed by atoms with Gasteiger partial charge in [0.1, 0.15) is 17.8 Å². The van der Waals surface area contributed by atoms with Crippen molar-refractivity contribution in [3.8, 4) is 5.69 Å². The van der Waals surface area contributed by atoms with Crippen LogP contribution in [0.5, 0.6) is 0 Å². The van der Waals surface area contributed by atoms with Gasteiger partial charge >= 0.3 is 0 Å². The van der Waals surface area contributed by atoms with Gasteiger partial charge in [-0.05, 0) is 36.2 Å². The fourth-order valence-electron chi connectivity index (χ4n) is 4.52. The number of carbonyl (C=O) groups is 3. The standard InChI is InChI=1S/C22H19N5O3/c1-13-5-4-6-14(9-13)27-20-16(11-24-27)22(10-19(29)25-20)15-7-2-3-8-17(15)26(21(22)30)12-18(23)28/h2-9,11H,10,12H2,1H3,(H2,23,28)(H,25,29)/t22-/m1/s1. The summed E-state index contributed by atoms with van der Waals surface area (Å²) in [4.78, 5) is 39.5. The number of primary amides is 1. The Balaban J connectivity index is 1.75. The van der Waals surface area contributed by atoms with E-state index in [4.69, 9.17) is 5.73 Å². The minimum Gasteiger partial charge on any atom is -0.368 e. The van der Waals surface area contributed by atoms with Crippen LogP contribution in [0.25, 0.3) is 5.69 Å². The number of aryl methyl sites for hydroxylation is 1. The van der Waals surface area contributed by atoms with Gasteiger partial charge in [-0.15, -0.1) is 0 Å². The zero-order chi connectivity index (χ0) is 21.0. The molecule has 5 rings (SSSR count). The highest BCUT2D eigenvalue weighted by Gasteiger charge is 2.57. The highest BCUT2D eigenvalue weighted by Crippen LogP contribution is 2.52. The Morgan fingerprint density at radius 1 is 1.17 bits per heavy atom. The molecule has 8 heteroatoms. The van der Waals surface area contributed by atoms with Gasteiger partial charge in [-0.3, -0.25) is 14.4 Å². The van der Waals surface area contributed by atoms with Crippen LogP contribution in [0.3, 0.4) is 0 Å². The van der Waals surface area contributed by atoms with E-state index in [9.17, 15) is 14.4 Å². The van der Waals surface area contributed by atoms with Gasteiger partial charge < -0.3 is 16.0 Å². The average Bonchev–Trinajstić information content (AvgIpc) is 3.23. The Bertz CT molecular complexity index is 1230. The molecule has 3 amide bonds. The molecule has 1 aromatic heterocycles. The Morgan fingerprint density at radius 3 is 2.73 bits per heavy atom. The van der Waals surface area contributed by atoms with Crippen LogP contribution in [0.15, 0.2) is 54.7 Å². The van der Waals surface area contributed by atoms with Crippen LogP contribution in [0.1, 0.15) is 23.1 Å². The number of rotatable bonds is 3. The van der Waals surface area contributed by atoms with Crippen LogP contribution in [0.4, 0.5) is 11.5 Å². The van der Waals surface area contributed by atoms with Crippen LogP contribution in [-0.2, 0) is 19.8 Å². The predicted octanol–water partition coefficient (Wildman–Crippen LogP) is 1.64. The first kappa shape index (κ1) is 18.1. The van der Waals surface area contributed by atoms with Crippen LogP contribution >= 0.6 is 0 Å². The summed E-state index contributed by atoms with van der Waals surface area (Å²) in [5.74, 6) is -0.796. The molecule has 150 valence electrons. The third kappa shape index (κ3) is 2.40. The van der Waals surface area contributed by atoms with Gasteiger partial charge in [-0.25, -0.2) is 4.68 Å². The number of fused-ring (bicyclic) bond motifs is 4. The summed E-state index contributed by atoms with van der Waals surface area (Å²) in [5, 5.41) is 7.38. The lowest BCUT2D eigenvalue weighted by molar-refractivity contribution is -0.127. The second-order valence-electron chi connectivity index (χ2n) is 7.66. The van der Waals surface area contributed by atoms with Crippen molar-refractivity contribution < 1.29 is 14.4 Å². The van der Waals surface area contributed by atoms with Crippen molar-refractivity contribution in [2.45, 2.75) is 18.8 Å². The number of anilines is 2. The molecule has 0 aliphatic carbocycles. The minimum atomic E-state index is -1.24. The average molecular weight is 401 g/mol. The molecule has 0 unspecified atom stereocenters. The number of aromatic nitrogens is 2. The number of benzene rings is 2. The summed E-state index contributed by atoms with van der Waals surface area (Å²) in [5.41, 5.74) is 7.85. The van der Waals surface area contributed by atoms with E-state index < -0.39 is 11.3 Å². The number of nitrogens with zero attached hydrogens (tertiary/aromatic N) is 3. The summed E-state index contributed by atoms with van der Waals surface area (Å²) < 4.78 is 1.63. The monoisotopic (exact) mass is 401 g/mol. The first-order valence-electron chi connectivity index (χ1n) is 9.57. The Labute approximate surface area is 172 Å². The molecule has 3 N–H and O–H groups in total. The maximum absolute atomic E-state index is 13.7. The number of amides is 3. The quantitative estimate of drug-likeness (QED) is 0.695. The third-order valence-electron chi connectivity index (χ3n) is 5.74. The normalized spacial score (nSPS) is 19.6. The number of nitrogens with two attached hydrogens (primary N) is 1. The molecule has 0 saturated heterocycles. The lowest BCUT2D eigenvalue weighted by Crippen LogP contribution is -2.48. The predicted molar refractivity (Wildman–Crippen MR) is 110 cm³/mol. The van der Waals surface area contributed by atoms with Gasteiger partial charge in [0, 0.05) is 17.7 Å². The van der Waals surface area contributed by atoms with Gasteiger partial charge in [-0.2, -0.15) is 5.10 Å². The minimum absolute atomic E-state index is 0.0649. The highest BCUT2D eigenvalue weighted by molar-refractivity contribution is 6.17. The van der Waals surface area contributed by atoms with Gasteiger partial charge in [0.05, 0.1) is 11.9 Å². The van der Waals surface area contributed by atoms with E-state index >= 15 is 0 Å². The van der Waals surface area contributed by atoms with E-state index in [0.717, 1.165) is 11.3 Å². The van der Waals surface area contributed by atoms with E-state index in [1.807, 2.05) is 43.3 Å². The molecule has 0 fully saturated rings. The number of carbonyl (C=O) groups excluding carboxylic acids is 3. The van der Waals surface area contributed by atoms with Crippen molar-refractivity contribution in [1.29, 1.82) is 0 Å². The lowest BCUT2D eigenvalue weighted by Gasteiger charge is -2.32. The van der Waals surface area contributed by atoms with Crippen molar-refractivity contribution in [2.24, 2.45) is 5.73 Å². The number of hydrogen-bond acceptors (Lipinski definition) is 4. The molecule has 3 heterocycles. The molecule has 1 atom stereocenters. The third-order valence-corrected chi connectivity index (χ3v) is 5.74. The Hall–Kier alpha value is -3.94. The molecule has 8 nitrogen and oxygen atoms in total. The highest BCUT2D eigenvalue weighted by atomic mass is 16.2. The van der Waals surface area contributed by atoms with Crippen LogP contribution in [-0.4, -0.2) is 34.0 Å². The van der Waals surface area contributed by atoms with Gasteiger partial charge in [0.2, 0.25) is 17.7 Å². The van der Waals surface area contributed by atoms with E-state index in [1.165, 1.54) is 4.90 Å². The number of nitrogens with one attached hydrogen (secondary N) is 1. The number of hydrogen-bond donors (Lipinski definition) is 2. The Morgan fingerprint density at radius 2 is 1.97 bits per heavy atom. The van der Waals surface area contributed by atoms with Gasteiger partial charge in [-0.1, -0.05) is 30.3 Å². The molecule has 1 spiro atoms. The van der Waals surface area contributed by atoms with Crippen LogP contribution < -0.4 is 16.0 Å². The van der Waals surface area contributed by atoms with Crippen LogP contribution in [0, 0.1) is 6.92 Å². The maximum atomic E-state index is 13.7. The molecular formula is C22H19N5O3. The largest absolute Gasteiger partial charge is 0.368 e. The molecule has 2 aliphatic heterocycles. The fourth-order valence-corrected chi connectivity index (χ4v) is 4.52. The molecule has 30 heavy (non-hydrogen) atoms. The summed E-state index contributed by atoms with van der Waals surface area (Å²) >= 11 is 0. The summed E-state index contributed by atoms with van der Waals surface area (Å²) in [6.07, 6.45) is 1.56. The second-order valence-corrected chi connectivity index (χ2v) is 7.66. The lowest BCUT2D eigenvalue weighted by atomic mass is 9.72.